The van der Waals surface area contributed by atoms with E-state index in [0.29, 0.717) is 26.2 Å². The monoisotopic (exact) mass is 323 g/mol. The summed E-state index contributed by atoms with van der Waals surface area (Å²) in [5, 5.41) is 13.0. The van der Waals surface area contributed by atoms with E-state index in [1.165, 1.54) is 5.56 Å². The molecule has 24 heavy (non-hydrogen) atoms. The predicted molar refractivity (Wildman–Crippen MR) is 95.2 cm³/mol. The van der Waals surface area contributed by atoms with E-state index in [4.69, 9.17) is 9.84 Å². The number of rotatable bonds is 8. The highest BCUT2D eigenvalue weighted by Gasteiger charge is 2.08. The number of nitrogens with one attached hydrogen (secondary N) is 1. The molecule has 0 aliphatic carbocycles. The number of anilines is 1. The number of ether oxygens (including phenoxy) is 1. The van der Waals surface area contributed by atoms with Crippen LogP contribution < -0.4 is 5.32 Å². The summed E-state index contributed by atoms with van der Waals surface area (Å²) in [6.07, 6.45) is 0.696. The number of para-hydroxylation sites is 1. The molecular formula is C19H21N3O2. The summed E-state index contributed by atoms with van der Waals surface area (Å²) < 4.78 is 5.29. The average Bonchev–Trinajstić information content (AvgIpc) is 2.62. The predicted octanol–water partition coefficient (Wildman–Crippen LogP) is 2.64. The molecule has 3 aromatic rings. The van der Waals surface area contributed by atoms with Crippen molar-refractivity contribution >= 4 is 16.7 Å². The summed E-state index contributed by atoms with van der Waals surface area (Å²) in [6, 6.07) is 18.2. The minimum Gasteiger partial charge on any atom is -0.394 e. The van der Waals surface area contributed by atoms with Gasteiger partial charge in [0.1, 0.15) is 11.6 Å². The molecule has 0 saturated heterocycles. The molecule has 5 nitrogen and oxygen atoms in total. The van der Waals surface area contributed by atoms with Crippen molar-refractivity contribution in [2.45, 2.75) is 6.42 Å². The smallest absolute Gasteiger partial charge is 0.137 e. The second-order valence-corrected chi connectivity index (χ2v) is 5.43. The van der Waals surface area contributed by atoms with Crippen LogP contribution in [-0.4, -0.2) is 41.4 Å². The Bertz CT molecular complexity index is 778. The van der Waals surface area contributed by atoms with Crippen molar-refractivity contribution in [3.05, 3.63) is 66.0 Å². The third-order valence-electron chi connectivity index (χ3n) is 3.63. The van der Waals surface area contributed by atoms with Crippen molar-refractivity contribution in [2.24, 2.45) is 0 Å². The zero-order valence-electron chi connectivity index (χ0n) is 13.5. The molecule has 2 N–H and O–H groups in total. The average molecular weight is 323 g/mol. The Labute approximate surface area is 141 Å². The van der Waals surface area contributed by atoms with E-state index in [2.05, 4.69) is 27.4 Å². The molecule has 0 atom stereocenters. The molecule has 0 amide bonds. The summed E-state index contributed by atoms with van der Waals surface area (Å²) >= 11 is 0. The zero-order valence-corrected chi connectivity index (χ0v) is 13.5. The van der Waals surface area contributed by atoms with Gasteiger partial charge < -0.3 is 15.2 Å². The van der Waals surface area contributed by atoms with E-state index >= 15 is 0 Å². The minimum absolute atomic E-state index is 0.0393. The third-order valence-corrected chi connectivity index (χ3v) is 3.63. The molecule has 0 spiro atoms. The van der Waals surface area contributed by atoms with Gasteiger partial charge in [0.25, 0.3) is 0 Å². The Kier molecular flexibility index (Phi) is 5.71. The Morgan fingerprint density at radius 1 is 0.917 bits per heavy atom. The van der Waals surface area contributed by atoms with Crippen molar-refractivity contribution in [1.82, 2.24) is 9.97 Å². The van der Waals surface area contributed by atoms with Crippen LogP contribution in [0.25, 0.3) is 10.9 Å². The molecule has 0 bridgehead atoms. The van der Waals surface area contributed by atoms with E-state index in [0.717, 1.165) is 22.5 Å². The Morgan fingerprint density at radius 3 is 2.54 bits per heavy atom. The molecule has 1 heterocycles. The van der Waals surface area contributed by atoms with Crippen molar-refractivity contribution in [3.8, 4) is 0 Å². The standard InChI is InChI=1S/C19H21N3O2/c23-11-13-24-12-10-20-19-16-8-4-5-9-17(16)21-18(22-19)14-15-6-2-1-3-7-15/h1-9,23H,10-14H2,(H,20,21,22). The normalized spacial score (nSPS) is 10.9. The summed E-state index contributed by atoms with van der Waals surface area (Å²) in [4.78, 5) is 9.36. The number of hydrogen-bond acceptors (Lipinski definition) is 5. The lowest BCUT2D eigenvalue weighted by Gasteiger charge is -2.11. The highest BCUT2D eigenvalue weighted by Crippen LogP contribution is 2.21. The van der Waals surface area contributed by atoms with Crippen LogP contribution >= 0.6 is 0 Å². The van der Waals surface area contributed by atoms with E-state index in [-0.39, 0.29) is 6.61 Å². The molecule has 0 fully saturated rings. The second-order valence-electron chi connectivity index (χ2n) is 5.43. The molecule has 1 aromatic heterocycles. The fourth-order valence-corrected chi connectivity index (χ4v) is 2.53. The summed E-state index contributed by atoms with van der Waals surface area (Å²) in [7, 11) is 0. The number of aliphatic hydroxyl groups is 1. The lowest BCUT2D eigenvalue weighted by molar-refractivity contribution is 0.0992. The van der Waals surface area contributed by atoms with Crippen molar-refractivity contribution in [2.75, 3.05) is 31.7 Å². The van der Waals surface area contributed by atoms with Gasteiger partial charge in [-0.25, -0.2) is 9.97 Å². The molecular weight excluding hydrogens is 302 g/mol. The number of aromatic nitrogens is 2. The fraction of sp³-hybridized carbons (Fsp3) is 0.263. The number of nitrogens with zero attached hydrogens (tertiary/aromatic N) is 2. The Morgan fingerprint density at radius 2 is 1.71 bits per heavy atom. The van der Waals surface area contributed by atoms with Crippen molar-refractivity contribution in [3.63, 3.8) is 0 Å². The van der Waals surface area contributed by atoms with Crippen LogP contribution in [0.1, 0.15) is 11.4 Å². The van der Waals surface area contributed by atoms with Crippen LogP contribution in [-0.2, 0) is 11.2 Å². The van der Waals surface area contributed by atoms with Crippen LogP contribution in [0.2, 0.25) is 0 Å². The zero-order chi connectivity index (χ0) is 16.6. The van der Waals surface area contributed by atoms with E-state index in [9.17, 15) is 0 Å². The molecule has 2 aromatic carbocycles. The van der Waals surface area contributed by atoms with Gasteiger partial charge in [-0.1, -0.05) is 42.5 Å². The van der Waals surface area contributed by atoms with Crippen LogP contribution in [0.5, 0.6) is 0 Å². The second kappa shape index (κ2) is 8.38. The maximum absolute atomic E-state index is 8.73. The SMILES string of the molecule is OCCOCCNc1nc(Cc2ccccc2)nc2ccccc12. The number of hydrogen-bond donors (Lipinski definition) is 2. The molecule has 3 rings (SSSR count). The third kappa shape index (κ3) is 4.28. The Hall–Kier alpha value is -2.50. The number of fused-ring (bicyclic) bond motifs is 1. The van der Waals surface area contributed by atoms with Crippen LogP contribution in [0.3, 0.4) is 0 Å². The summed E-state index contributed by atoms with van der Waals surface area (Å²) in [6.45, 7) is 1.54. The van der Waals surface area contributed by atoms with Gasteiger partial charge in [-0.2, -0.15) is 0 Å². The first kappa shape index (κ1) is 16.4. The van der Waals surface area contributed by atoms with E-state index in [1.807, 2.05) is 42.5 Å². The summed E-state index contributed by atoms with van der Waals surface area (Å²) in [5.74, 6) is 1.61. The van der Waals surface area contributed by atoms with Crippen molar-refractivity contribution < 1.29 is 9.84 Å². The molecule has 0 unspecified atom stereocenters. The van der Waals surface area contributed by atoms with Crippen molar-refractivity contribution in [1.29, 1.82) is 0 Å². The van der Waals surface area contributed by atoms with Gasteiger partial charge in [0, 0.05) is 18.4 Å². The first-order chi connectivity index (χ1) is 11.9. The minimum atomic E-state index is 0.0393. The van der Waals surface area contributed by atoms with E-state index in [1.54, 1.807) is 0 Å². The topological polar surface area (TPSA) is 67.3 Å². The van der Waals surface area contributed by atoms with Gasteiger partial charge in [0.2, 0.25) is 0 Å². The molecule has 0 aliphatic heterocycles. The van der Waals surface area contributed by atoms with E-state index < -0.39 is 0 Å². The highest BCUT2D eigenvalue weighted by molar-refractivity contribution is 5.89. The fourth-order valence-electron chi connectivity index (χ4n) is 2.53. The Balaban J connectivity index is 1.80. The maximum atomic E-state index is 8.73. The molecule has 0 saturated carbocycles. The van der Waals surface area contributed by atoms with Gasteiger partial charge in [-0.05, 0) is 17.7 Å². The quantitative estimate of drug-likeness (QED) is 0.624. The van der Waals surface area contributed by atoms with Gasteiger partial charge in [-0.3, -0.25) is 0 Å². The maximum Gasteiger partial charge on any atom is 0.137 e. The van der Waals surface area contributed by atoms with Crippen LogP contribution in [0.15, 0.2) is 54.6 Å². The largest absolute Gasteiger partial charge is 0.394 e. The number of benzene rings is 2. The van der Waals surface area contributed by atoms with Gasteiger partial charge in [0.05, 0.1) is 25.3 Å². The lowest BCUT2D eigenvalue weighted by Crippen LogP contribution is -2.13. The number of aliphatic hydroxyl groups excluding tert-OH is 1. The highest BCUT2D eigenvalue weighted by atomic mass is 16.5. The van der Waals surface area contributed by atoms with Gasteiger partial charge in [-0.15, -0.1) is 0 Å². The van der Waals surface area contributed by atoms with Gasteiger partial charge in [0.15, 0.2) is 0 Å². The first-order valence-corrected chi connectivity index (χ1v) is 8.09. The van der Waals surface area contributed by atoms with Crippen LogP contribution in [0.4, 0.5) is 5.82 Å². The summed E-state index contributed by atoms with van der Waals surface area (Å²) in [5.41, 5.74) is 2.11. The molecule has 5 heteroatoms. The first-order valence-electron chi connectivity index (χ1n) is 8.09. The molecule has 0 radical (unpaired) electrons. The molecule has 0 aliphatic rings. The van der Waals surface area contributed by atoms with Crippen LogP contribution in [0, 0.1) is 0 Å². The van der Waals surface area contributed by atoms with Gasteiger partial charge >= 0.3 is 0 Å². The lowest BCUT2D eigenvalue weighted by atomic mass is 10.1. The molecule has 124 valence electrons.